The summed E-state index contributed by atoms with van der Waals surface area (Å²) in [4.78, 5) is 13.3. The molecule has 0 bridgehead atoms. The maximum absolute atomic E-state index is 12.4. The van der Waals surface area contributed by atoms with Crippen molar-refractivity contribution in [1.29, 1.82) is 0 Å². The summed E-state index contributed by atoms with van der Waals surface area (Å²) >= 11 is 1.51. The molecule has 0 aliphatic rings. The lowest BCUT2D eigenvalue weighted by Crippen LogP contribution is -2.15. The van der Waals surface area contributed by atoms with Crippen LogP contribution in [0.1, 0.15) is 5.56 Å². The molecule has 0 aliphatic carbocycles. The molecule has 0 saturated heterocycles. The van der Waals surface area contributed by atoms with Gasteiger partial charge in [-0.25, -0.2) is 4.63 Å². The van der Waals surface area contributed by atoms with E-state index >= 15 is 0 Å². The van der Waals surface area contributed by atoms with Crippen LogP contribution in [0.2, 0.25) is 0 Å². The van der Waals surface area contributed by atoms with Crippen molar-refractivity contribution in [2.75, 3.05) is 5.32 Å². The number of fused-ring (bicyclic) bond motifs is 1. The second-order valence-electron chi connectivity index (χ2n) is 5.30. The fourth-order valence-electron chi connectivity index (χ4n) is 2.64. The Morgan fingerprint density at radius 1 is 1.04 bits per heavy atom. The summed E-state index contributed by atoms with van der Waals surface area (Å²) in [6.45, 7) is 0. The van der Waals surface area contributed by atoms with E-state index < -0.39 is 0 Å². The number of hydrogen-bond donors (Lipinski definition) is 1. The third kappa shape index (κ3) is 2.79. The third-order valence-electron chi connectivity index (χ3n) is 3.73. The number of aromatic nitrogens is 2. The van der Waals surface area contributed by atoms with Crippen molar-refractivity contribution < 1.29 is 9.42 Å². The van der Waals surface area contributed by atoms with Crippen molar-refractivity contribution in [2.24, 2.45) is 0 Å². The molecule has 118 valence electrons. The van der Waals surface area contributed by atoms with Gasteiger partial charge < -0.3 is 5.32 Å². The first kappa shape index (κ1) is 14.6. The fourth-order valence-corrected chi connectivity index (χ4v) is 3.35. The standard InChI is InChI=1S/C18H13N3O2S/c22-16(11-13-7-3-6-12-5-1-2-8-14(12)13)19-18-17(20-23-21-18)15-9-4-10-24-15/h1-10H,11H2,(H,19,21,22). The number of amides is 1. The highest BCUT2D eigenvalue weighted by atomic mass is 32.1. The van der Waals surface area contributed by atoms with E-state index in [0.29, 0.717) is 11.5 Å². The predicted octanol–water partition coefficient (Wildman–Crippen LogP) is 4.13. The van der Waals surface area contributed by atoms with Crippen molar-refractivity contribution in [3.63, 3.8) is 0 Å². The Morgan fingerprint density at radius 3 is 2.79 bits per heavy atom. The number of carbonyl (C=O) groups is 1. The topological polar surface area (TPSA) is 68.0 Å². The van der Waals surface area contributed by atoms with E-state index in [1.54, 1.807) is 0 Å². The van der Waals surface area contributed by atoms with Gasteiger partial charge in [-0.1, -0.05) is 48.5 Å². The Hall–Kier alpha value is -2.99. The molecule has 1 amide bonds. The molecule has 24 heavy (non-hydrogen) atoms. The van der Waals surface area contributed by atoms with E-state index in [1.165, 1.54) is 11.3 Å². The number of benzene rings is 2. The fraction of sp³-hybridized carbons (Fsp3) is 0.0556. The van der Waals surface area contributed by atoms with Gasteiger partial charge in [-0.15, -0.1) is 11.3 Å². The average Bonchev–Trinajstić information content (AvgIpc) is 3.26. The zero-order chi connectivity index (χ0) is 16.4. The molecule has 2 heterocycles. The highest BCUT2D eigenvalue weighted by molar-refractivity contribution is 7.13. The Balaban J connectivity index is 1.57. The van der Waals surface area contributed by atoms with Crippen molar-refractivity contribution in [2.45, 2.75) is 6.42 Å². The average molecular weight is 335 g/mol. The summed E-state index contributed by atoms with van der Waals surface area (Å²) in [7, 11) is 0. The van der Waals surface area contributed by atoms with Gasteiger partial charge in [0.15, 0.2) is 5.69 Å². The van der Waals surface area contributed by atoms with Crippen LogP contribution in [0.4, 0.5) is 5.82 Å². The summed E-state index contributed by atoms with van der Waals surface area (Å²) in [5.74, 6) is 0.197. The molecule has 0 radical (unpaired) electrons. The van der Waals surface area contributed by atoms with Crippen molar-refractivity contribution in [3.8, 4) is 10.6 Å². The number of anilines is 1. The molecule has 2 aromatic heterocycles. The van der Waals surface area contributed by atoms with Crippen LogP contribution in [0, 0.1) is 0 Å². The number of thiophene rings is 1. The number of hydrogen-bond acceptors (Lipinski definition) is 5. The lowest BCUT2D eigenvalue weighted by Gasteiger charge is -2.06. The van der Waals surface area contributed by atoms with Crippen molar-refractivity contribution in [3.05, 3.63) is 65.5 Å². The molecule has 1 N–H and O–H groups in total. The molecule has 4 aromatic rings. The minimum absolute atomic E-state index is 0.153. The van der Waals surface area contributed by atoms with Crippen LogP contribution in [0.5, 0.6) is 0 Å². The maximum Gasteiger partial charge on any atom is 0.230 e. The lowest BCUT2D eigenvalue weighted by molar-refractivity contribution is -0.115. The van der Waals surface area contributed by atoms with Gasteiger partial charge in [0, 0.05) is 0 Å². The highest BCUT2D eigenvalue weighted by Crippen LogP contribution is 2.28. The number of rotatable bonds is 4. The maximum atomic E-state index is 12.4. The van der Waals surface area contributed by atoms with Gasteiger partial charge in [0.2, 0.25) is 11.7 Å². The molecule has 0 unspecified atom stereocenters. The van der Waals surface area contributed by atoms with E-state index in [2.05, 4.69) is 15.6 Å². The monoisotopic (exact) mass is 335 g/mol. The summed E-state index contributed by atoms with van der Waals surface area (Å²) in [5.41, 5.74) is 1.52. The van der Waals surface area contributed by atoms with E-state index in [4.69, 9.17) is 4.63 Å². The van der Waals surface area contributed by atoms with Gasteiger partial charge in [0.05, 0.1) is 11.3 Å². The molecule has 0 aliphatic heterocycles. The van der Waals surface area contributed by atoms with Crippen LogP contribution in [0.15, 0.2) is 64.6 Å². The number of nitrogens with zero attached hydrogens (tertiary/aromatic N) is 2. The van der Waals surface area contributed by atoms with Crippen LogP contribution >= 0.6 is 11.3 Å². The Labute approximate surface area is 141 Å². The lowest BCUT2D eigenvalue weighted by atomic mass is 10.0. The summed E-state index contributed by atoms with van der Waals surface area (Å²) in [6, 6.07) is 17.8. The van der Waals surface area contributed by atoms with Gasteiger partial charge in [-0.3, -0.25) is 4.79 Å². The molecular weight excluding hydrogens is 322 g/mol. The Kier molecular flexibility index (Phi) is 3.80. The molecule has 4 rings (SSSR count). The summed E-state index contributed by atoms with van der Waals surface area (Å²) in [5, 5.41) is 14.6. The summed E-state index contributed by atoms with van der Waals surface area (Å²) < 4.78 is 4.78. The van der Waals surface area contributed by atoms with Crippen LogP contribution < -0.4 is 5.32 Å². The number of carbonyl (C=O) groups excluding carboxylic acids is 1. The smallest absolute Gasteiger partial charge is 0.230 e. The van der Waals surface area contributed by atoms with E-state index in [9.17, 15) is 4.79 Å². The normalized spacial score (nSPS) is 10.8. The van der Waals surface area contributed by atoms with Crippen LogP contribution in [0.3, 0.4) is 0 Å². The molecule has 2 aromatic carbocycles. The molecule has 0 atom stereocenters. The number of nitrogens with one attached hydrogen (secondary N) is 1. The van der Waals surface area contributed by atoms with E-state index in [-0.39, 0.29) is 12.3 Å². The van der Waals surface area contributed by atoms with E-state index in [0.717, 1.165) is 21.2 Å². The zero-order valence-electron chi connectivity index (χ0n) is 12.6. The van der Waals surface area contributed by atoms with E-state index in [1.807, 2.05) is 60.0 Å². The molecule has 0 fully saturated rings. The second-order valence-corrected chi connectivity index (χ2v) is 6.25. The predicted molar refractivity (Wildman–Crippen MR) is 93.9 cm³/mol. The first-order valence-corrected chi connectivity index (χ1v) is 8.32. The van der Waals surface area contributed by atoms with Crippen LogP contribution in [-0.2, 0) is 11.2 Å². The first-order chi connectivity index (χ1) is 11.8. The molecule has 6 heteroatoms. The largest absolute Gasteiger partial charge is 0.306 e. The van der Waals surface area contributed by atoms with Gasteiger partial charge in [0.25, 0.3) is 0 Å². The molecular formula is C18H13N3O2S. The minimum atomic E-state index is -0.153. The van der Waals surface area contributed by atoms with Crippen LogP contribution in [0.25, 0.3) is 21.3 Å². The second kappa shape index (κ2) is 6.25. The van der Waals surface area contributed by atoms with Gasteiger partial charge in [0.1, 0.15) is 0 Å². The Bertz CT molecular complexity index is 987. The van der Waals surface area contributed by atoms with Crippen molar-refractivity contribution >= 4 is 33.8 Å². The van der Waals surface area contributed by atoms with Gasteiger partial charge in [-0.2, -0.15) is 0 Å². The van der Waals surface area contributed by atoms with Crippen molar-refractivity contribution in [1.82, 2.24) is 10.3 Å². The summed E-state index contributed by atoms with van der Waals surface area (Å²) in [6.07, 6.45) is 0.262. The SMILES string of the molecule is O=C(Cc1cccc2ccccc12)Nc1nonc1-c1cccs1. The van der Waals surface area contributed by atoms with Crippen LogP contribution in [-0.4, -0.2) is 16.2 Å². The quantitative estimate of drug-likeness (QED) is 0.609. The molecule has 0 saturated carbocycles. The third-order valence-corrected chi connectivity index (χ3v) is 4.61. The highest BCUT2D eigenvalue weighted by Gasteiger charge is 2.16. The molecule has 0 spiro atoms. The molecule has 5 nitrogen and oxygen atoms in total. The Morgan fingerprint density at radius 2 is 1.92 bits per heavy atom. The zero-order valence-corrected chi connectivity index (χ0v) is 13.4. The minimum Gasteiger partial charge on any atom is -0.306 e. The van der Waals surface area contributed by atoms with Gasteiger partial charge in [-0.05, 0) is 38.1 Å². The first-order valence-electron chi connectivity index (χ1n) is 7.44. The van der Waals surface area contributed by atoms with Gasteiger partial charge >= 0.3 is 0 Å².